The molecule has 0 bridgehead atoms. The second-order valence-corrected chi connectivity index (χ2v) is 6.08. The van der Waals surface area contributed by atoms with E-state index in [2.05, 4.69) is 57.1 Å². The third-order valence-corrected chi connectivity index (χ3v) is 3.93. The third kappa shape index (κ3) is 5.08. The van der Waals surface area contributed by atoms with E-state index in [1.807, 2.05) is 18.2 Å². The Morgan fingerprint density at radius 1 is 1.26 bits per heavy atom. The van der Waals surface area contributed by atoms with Crippen molar-refractivity contribution in [2.24, 2.45) is 0 Å². The van der Waals surface area contributed by atoms with Crippen LogP contribution < -0.4 is 0 Å². The van der Waals surface area contributed by atoms with E-state index in [1.54, 1.807) is 0 Å². The van der Waals surface area contributed by atoms with Crippen molar-refractivity contribution in [3.05, 3.63) is 78.0 Å². The van der Waals surface area contributed by atoms with E-state index in [0.29, 0.717) is 11.1 Å². The Balaban J connectivity index is 1.95. The summed E-state index contributed by atoms with van der Waals surface area (Å²) in [6, 6.07) is 10.3. The zero-order chi connectivity index (χ0) is 16.7. The summed E-state index contributed by atoms with van der Waals surface area (Å²) in [5.74, 6) is -0.369. The first-order chi connectivity index (χ1) is 11.0. The Kier molecular flexibility index (Phi) is 5.72. The van der Waals surface area contributed by atoms with Crippen molar-refractivity contribution in [1.82, 2.24) is 0 Å². The maximum atomic E-state index is 11.1. The van der Waals surface area contributed by atoms with Gasteiger partial charge in [-0.15, -0.1) is 0 Å². The van der Waals surface area contributed by atoms with Gasteiger partial charge < -0.3 is 4.74 Å². The van der Waals surface area contributed by atoms with Gasteiger partial charge in [-0.1, -0.05) is 49.1 Å². The maximum absolute atomic E-state index is 11.1. The minimum absolute atomic E-state index is 0.369. The van der Waals surface area contributed by atoms with Crippen LogP contribution in [-0.2, 0) is 9.53 Å². The van der Waals surface area contributed by atoms with Crippen LogP contribution in [0.15, 0.2) is 72.5 Å². The number of esters is 1. The number of ether oxygens (including phenoxy) is 1. The summed E-state index contributed by atoms with van der Waals surface area (Å²) in [4.78, 5) is 11.1. The lowest BCUT2D eigenvalue weighted by molar-refractivity contribution is -0.849. The molecule has 2 rings (SSSR count). The van der Waals surface area contributed by atoms with E-state index in [1.165, 1.54) is 22.9 Å². The Hall–Kier alpha value is -2.39. The lowest BCUT2D eigenvalue weighted by Gasteiger charge is -2.31. The highest BCUT2D eigenvalue weighted by Crippen LogP contribution is 2.23. The van der Waals surface area contributed by atoms with Crippen LogP contribution in [0.25, 0.3) is 6.08 Å². The molecule has 0 amide bonds. The molecule has 120 valence electrons. The van der Waals surface area contributed by atoms with Crippen molar-refractivity contribution in [2.75, 3.05) is 27.2 Å². The average Bonchev–Trinajstić information content (AvgIpc) is 2.56. The lowest BCUT2D eigenvalue weighted by Crippen LogP contribution is -2.41. The molecule has 0 aliphatic heterocycles. The minimum atomic E-state index is -0.369. The highest BCUT2D eigenvalue weighted by Gasteiger charge is 2.22. The molecule has 0 heterocycles. The van der Waals surface area contributed by atoms with Gasteiger partial charge in [0.05, 0.1) is 14.1 Å². The van der Waals surface area contributed by atoms with Gasteiger partial charge in [0.15, 0.2) is 0 Å². The monoisotopic (exact) mass is 310 g/mol. The fourth-order valence-corrected chi connectivity index (χ4v) is 2.43. The second kappa shape index (κ2) is 7.75. The van der Waals surface area contributed by atoms with Crippen molar-refractivity contribution in [3.63, 3.8) is 0 Å². The van der Waals surface area contributed by atoms with Crippen molar-refractivity contribution >= 4 is 12.0 Å². The molecule has 0 radical (unpaired) electrons. The smallest absolute Gasteiger partial charge is 0.330 e. The molecule has 23 heavy (non-hydrogen) atoms. The lowest BCUT2D eigenvalue weighted by atomic mass is 10.0. The van der Waals surface area contributed by atoms with Gasteiger partial charge in [0.25, 0.3) is 0 Å². The molecule has 3 heteroatoms. The van der Waals surface area contributed by atoms with Gasteiger partial charge in [-0.2, -0.15) is 0 Å². The summed E-state index contributed by atoms with van der Waals surface area (Å²) in [7, 11) is 4.23. The summed E-state index contributed by atoms with van der Waals surface area (Å²) in [6.07, 6.45) is 10.9. The number of allylic oxidation sites excluding steroid dienone is 4. The largest absolute Gasteiger partial charge is 0.457 e. The van der Waals surface area contributed by atoms with E-state index in [-0.39, 0.29) is 5.97 Å². The zero-order valence-corrected chi connectivity index (χ0v) is 13.9. The van der Waals surface area contributed by atoms with Crippen LogP contribution >= 0.6 is 0 Å². The number of rotatable bonds is 6. The Labute approximate surface area is 138 Å². The van der Waals surface area contributed by atoms with Crippen molar-refractivity contribution < 1.29 is 14.0 Å². The molecule has 1 aliphatic rings. The number of quaternary nitrogens is 1. The van der Waals surface area contributed by atoms with Crippen LogP contribution in [0.1, 0.15) is 12.0 Å². The number of carbonyl (C=O) groups is 1. The highest BCUT2D eigenvalue weighted by atomic mass is 16.5. The van der Waals surface area contributed by atoms with Gasteiger partial charge in [-0.05, 0) is 29.7 Å². The summed E-state index contributed by atoms with van der Waals surface area (Å²) in [6.45, 7) is 4.51. The number of nitrogens with zero attached hydrogens (tertiary/aromatic N) is 1. The Morgan fingerprint density at radius 3 is 2.61 bits per heavy atom. The molecule has 1 aromatic rings. The number of hydrogen-bond acceptors (Lipinski definition) is 2. The van der Waals surface area contributed by atoms with Gasteiger partial charge in [-0.3, -0.25) is 4.48 Å². The quantitative estimate of drug-likeness (QED) is 0.455. The molecule has 0 atom stereocenters. The van der Waals surface area contributed by atoms with Crippen molar-refractivity contribution in [3.8, 4) is 0 Å². The highest BCUT2D eigenvalue weighted by molar-refractivity contribution is 5.81. The van der Waals surface area contributed by atoms with Gasteiger partial charge >= 0.3 is 5.97 Å². The summed E-state index contributed by atoms with van der Waals surface area (Å²) < 4.78 is 5.76. The third-order valence-electron chi connectivity index (χ3n) is 3.93. The van der Waals surface area contributed by atoms with Crippen molar-refractivity contribution in [1.29, 1.82) is 0 Å². The first-order valence-electron chi connectivity index (χ1n) is 7.78. The first-order valence-corrected chi connectivity index (χ1v) is 7.78. The number of likely N-dealkylation sites (N-methyl/N-ethyl adjacent to an activating group) is 1. The molecular formula is C20H24NO2+. The number of carbonyl (C=O) groups excluding carboxylic acids is 1. The first kappa shape index (κ1) is 17.0. The average molecular weight is 310 g/mol. The molecule has 0 aromatic heterocycles. The molecule has 0 saturated carbocycles. The molecule has 1 aliphatic carbocycles. The van der Waals surface area contributed by atoms with E-state index < -0.39 is 0 Å². The second-order valence-electron chi connectivity index (χ2n) is 6.08. The molecule has 0 unspecified atom stereocenters. The molecular weight excluding hydrogens is 286 g/mol. The SMILES string of the molecule is C=CC(=O)OCC[N+](C)(C)C1=CCC(=Cc2ccccc2)C=C1. The number of benzene rings is 1. The fraction of sp³-hybridized carbons (Fsp3) is 0.250. The molecule has 0 N–H and O–H groups in total. The van der Waals surface area contributed by atoms with E-state index in [0.717, 1.165) is 13.0 Å². The van der Waals surface area contributed by atoms with Gasteiger partial charge in [0.1, 0.15) is 18.8 Å². The molecule has 0 saturated heterocycles. The summed E-state index contributed by atoms with van der Waals surface area (Å²) in [5, 5.41) is 0. The van der Waals surface area contributed by atoms with Crippen LogP contribution in [-0.4, -0.2) is 37.7 Å². The topological polar surface area (TPSA) is 26.3 Å². The van der Waals surface area contributed by atoms with Gasteiger partial charge in [0, 0.05) is 6.08 Å². The predicted molar refractivity (Wildman–Crippen MR) is 94.4 cm³/mol. The molecule has 1 aromatic carbocycles. The van der Waals surface area contributed by atoms with Crippen LogP contribution in [0, 0.1) is 0 Å². The van der Waals surface area contributed by atoms with Crippen LogP contribution in [0.5, 0.6) is 0 Å². The predicted octanol–water partition coefficient (Wildman–Crippen LogP) is 3.72. The van der Waals surface area contributed by atoms with E-state index in [4.69, 9.17) is 4.74 Å². The summed E-state index contributed by atoms with van der Waals surface area (Å²) in [5.41, 5.74) is 3.73. The normalized spacial score (nSPS) is 16.1. The maximum Gasteiger partial charge on any atom is 0.330 e. The van der Waals surface area contributed by atoms with Crippen LogP contribution in [0.2, 0.25) is 0 Å². The van der Waals surface area contributed by atoms with Crippen LogP contribution in [0.3, 0.4) is 0 Å². The molecule has 0 fully saturated rings. The molecule has 0 spiro atoms. The van der Waals surface area contributed by atoms with Gasteiger partial charge in [-0.25, -0.2) is 4.79 Å². The van der Waals surface area contributed by atoms with E-state index in [9.17, 15) is 4.79 Å². The molecule has 3 nitrogen and oxygen atoms in total. The van der Waals surface area contributed by atoms with E-state index >= 15 is 0 Å². The van der Waals surface area contributed by atoms with Gasteiger partial charge in [0.2, 0.25) is 0 Å². The Morgan fingerprint density at radius 2 is 2.00 bits per heavy atom. The standard InChI is InChI=1S/C20H24NO2/c1-4-20(22)23-15-14-21(2,3)19-12-10-18(11-13-19)16-17-8-6-5-7-9-17/h4-10,12-13,16H,1,11,14-15H2,2-3H3/q+1. The van der Waals surface area contributed by atoms with Crippen LogP contribution in [0.4, 0.5) is 0 Å². The fourth-order valence-electron chi connectivity index (χ4n) is 2.43. The number of hydrogen-bond donors (Lipinski definition) is 0. The Bertz CT molecular complexity index is 651. The van der Waals surface area contributed by atoms with Crippen molar-refractivity contribution in [2.45, 2.75) is 6.42 Å². The minimum Gasteiger partial charge on any atom is -0.457 e. The summed E-state index contributed by atoms with van der Waals surface area (Å²) >= 11 is 0. The zero-order valence-electron chi connectivity index (χ0n) is 13.9.